The first-order valence-corrected chi connectivity index (χ1v) is 8.70. The van der Waals surface area contributed by atoms with E-state index in [0.29, 0.717) is 17.7 Å². The van der Waals surface area contributed by atoms with Gasteiger partial charge in [-0.2, -0.15) is 5.26 Å². The smallest absolute Gasteiger partial charge is 0.225 e. The number of nitrogens with zero attached hydrogens (tertiary/aromatic N) is 3. The van der Waals surface area contributed by atoms with Gasteiger partial charge in [0.25, 0.3) is 0 Å². The summed E-state index contributed by atoms with van der Waals surface area (Å²) < 4.78 is 0. The van der Waals surface area contributed by atoms with E-state index in [0.717, 1.165) is 38.4 Å². The molecule has 26 heavy (non-hydrogen) atoms. The van der Waals surface area contributed by atoms with Crippen molar-refractivity contribution in [1.82, 2.24) is 4.90 Å². The Morgan fingerprint density at radius 1 is 1.04 bits per heavy atom. The number of phenolic OH excluding ortho intramolecular Hbond substituents is 1. The van der Waals surface area contributed by atoms with Gasteiger partial charge >= 0.3 is 0 Å². The third kappa shape index (κ3) is 4.74. The molecule has 1 aliphatic heterocycles. The monoisotopic (exact) mass is 350 g/mol. The summed E-state index contributed by atoms with van der Waals surface area (Å²) in [5.74, 6) is 0.260. The molecular weight excluding hydrogens is 328 g/mol. The number of aromatic hydroxyl groups is 1. The van der Waals surface area contributed by atoms with E-state index in [1.807, 2.05) is 12.1 Å². The fraction of sp³-hybridized carbons (Fsp3) is 0.300. The van der Waals surface area contributed by atoms with E-state index in [-0.39, 0.29) is 11.7 Å². The molecule has 1 fully saturated rings. The maximum atomic E-state index is 12.1. The quantitative estimate of drug-likeness (QED) is 0.866. The Labute approximate surface area is 153 Å². The second kappa shape index (κ2) is 8.37. The lowest BCUT2D eigenvalue weighted by atomic mass is 10.2. The van der Waals surface area contributed by atoms with Crippen LogP contribution in [-0.2, 0) is 4.79 Å². The zero-order chi connectivity index (χ0) is 18.4. The van der Waals surface area contributed by atoms with Crippen LogP contribution in [0.1, 0.15) is 12.0 Å². The normalized spacial score (nSPS) is 14.7. The first-order chi connectivity index (χ1) is 12.6. The molecule has 3 rings (SSSR count). The Morgan fingerprint density at radius 3 is 2.31 bits per heavy atom. The molecule has 1 amide bonds. The van der Waals surface area contributed by atoms with Gasteiger partial charge in [-0.1, -0.05) is 0 Å². The zero-order valence-electron chi connectivity index (χ0n) is 14.6. The van der Waals surface area contributed by atoms with Crippen LogP contribution in [0, 0.1) is 11.3 Å². The fourth-order valence-electron chi connectivity index (χ4n) is 3.00. The summed E-state index contributed by atoms with van der Waals surface area (Å²) in [6.45, 7) is 4.35. The summed E-state index contributed by atoms with van der Waals surface area (Å²) in [7, 11) is 0. The van der Waals surface area contributed by atoms with Gasteiger partial charge < -0.3 is 15.3 Å². The largest absolute Gasteiger partial charge is 0.508 e. The average molecular weight is 350 g/mol. The second-order valence-corrected chi connectivity index (χ2v) is 6.33. The topological polar surface area (TPSA) is 79.6 Å². The SMILES string of the molecule is N#Cc1ccc(NC(=O)CCN2CCN(c3ccc(O)cc3)CC2)cc1. The number of amides is 1. The van der Waals surface area contributed by atoms with Crippen LogP contribution in [0.25, 0.3) is 0 Å². The number of carbonyl (C=O) groups is 1. The van der Waals surface area contributed by atoms with Crippen molar-refractivity contribution >= 4 is 17.3 Å². The van der Waals surface area contributed by atoms with E-state index in [9.17, 15) is 9.90 Å². The van der Waals surface area contributed by atoms with Crippen LogP contribution < -0.4 is 10.2 Å². The third-order valence-electron chi connectivity index (χ3n) is 4.54. The van der Waals surface area contributed by atoms with E-state index in [1.165, 1.54) is 0 Å². The molecule has 0 aromatic heterocycles. The Hall–Kier alpha value is -3.04. The third-order valence-corrected chi connectivity index (χ3v) is 4.54. The number of rotatable bonds is 5. The Morgan fingerprint density at radius 2 is 1.69 bits per heavy atom. The second-order valence-electron chi connectivity index (χ2n) is 6.33. The van der Waals surface area contributed by atoms with Crippen molar-refractivity contribution in [3.05, 3.63) is 54.1 Å². The van der Waals surface area contributed by atoms with Gasteiger partial charge in [-0.3, -0.25) is 9.69 Å². The lowest BCUT2D eigenvalue weighted by Crippen LogP contribution is -2.47. The Bertz CT molecular complexity index is 773. The molecule has 6 nitrogen and oxygen atoms in total. The molecular formula is C20H22N4O2. The molecule has 1 heterocycles. The van der Waals surface area contributed by atoms with Crippen molar-refractivity contribution in [3.63, 3.8) is 0 Å². The highest BCUT2D eigenvalue weighted by atomic mass is 16.3. The van der Waals surface area contributed by atoms with Crippen LogP contribution in [0.4, 0.5) is 11.4 Å². The van der Waals surface area contributed by atoms with Crippen LogP contribution in [0.3, 0.4) is 0 Å². The predicted molar refractivity (Wildman–Crippen MR) is 101 cm³/mol. The number of anilines is 2. The molecule has 0 unspecified atom stereocenters. The minimum Gasteiger partial charge on any atom is -0.508 e. The lowest BCUT2D eigenvalue weighted by molar-refractivity contribution is -0.116. The number of piperazine rings is 1. The maximum absolute atomic E-state index is 12.1. The molecule has 0 radical (unpaired) electrons. The lowest BCUT2D eigenvalue weighted by Gasteiger charge is -2.36. The van der Waals surface area contributed by atoms with Crippen LogP contribution in [0.2, 0.25) is 0 Å². The number of nitrogens with one attached hydrogen (secondary N) is 1. The summed E-state index contributed by atoms with van der Waals surface area (Å²) in [6.07, 6.45) is 0.444. The summed E-state index contributed by atoms with van der Waals surface area (Å²) in [4.78, 5) is 16.7. The van der Waals surface area contributed by atoms with Gasteiger partial charge in [-0.05, 0) is 48.5 Å². The number of hydrogen-bond acceptors (Lipinski definition) is 5. The van der Waals surface area contributed by atoms with Crippen LogP contribution >= 0.6 is 0 Å². The number of carbonyl (C=O) groups excluding carboxylic acids is 1. The van der Waals surface area contributed by atoms with Crippen LogP contribution in [0.5, 0.6) is 5.75 Å². The van der Waals surface area contributed by atoms with Crippen molar-refractivity contribution in [2.45, 2.75) is 6.42 Å². The molecule has 2 aromatic rings. The minimum absolute atomic E-state index is 0.0179. The van der Waals surface area contributed by atoms with Crippen molar-refractivity contribution < 1.29 is 9.90 Å². The van der Waals surface area contributed by atoms with Crippen LogP contribution in [0.15, 0.2) is 48.5 Å². The highest BCUT2D eigenvalue weighted by molar-refractivity contribution is 5.90. The molecule has 1 saturated heterocycles. The zero-order valence-corrected chi connectivity index (χ0v) is 14.6. The molecule has 6 heteroatoms. The molecule has 0 bridgehead atoms. The number of phenols is 1. The van der Waals surface area contributed by atoms with E-state index in [2.05, 4.69) is 21.2 Å². The van der Waals surface area contributed by atoms with Gasteiger partial charge in [0.2, 0.25) is 5.91 Å². The summed E-state index contributed by atoms with van der Waals surface area (Å²) in [5.41, 5.74) is 2.40. The van der Waals surface area contributed by atoms with E-state index in [4.69, 9.17) is 5.26 Å². The van der Waals surface area contributed by atoms with E-state index in [1.54, 1.807) is 36.4 Å². The molecule has 0 atom stereocenters. The highest BCUT2D eigenvalue weighted by Crippen LogP contribution is 2.19. The first kappa shape index (κ1) is 17.8. The van der Waals surface area contributed by atoms with Gasteiger partial charge in [0, 0.05) is 50.5 Å². The summed E-state index contributed by atoms with van der Waals surface area (Å²) >= 11 is 0. The van der Waals surface area contributed by atoms with E-state index < -0.39 is 0 Å². The molecule has 134 valence electrons. The molecule has 0 spiro atoms. The summed E-state index contributed by atoms with van der Waals surface area (Å²) in [5, 5.41) is 21.0. The Kier molecular flexibility index (Phi) is 5.72. The number of nitriles is 1. The number of hydrogen-bond donors (Lipinski definition) is 2. The molecule has 0 aliphatic carbocycles. The van der Waals surface area contributed by atoms with Crippen molar-refractivity contribution in [1.29, 1.82) is 5.26 Å². The first-order valence-electron chi connectivity index (χ1n) is 8.70. The van der Waals surface area contributed by atoms with Crippen LogP contribution in [-0.4, -0.2) is 48.6 Å². The minimum atomic E-state index is -0.0179. The van der Waals surface area contributed by atoms with Gasteiger partial charge in [0.05, 0.1) is 11.6 Å². The standard InChI is InChI=1S/C20H22N4O2/c21-15-16-1-3-17(4-2-16)22-20(26)9-10-23-11-13-24(14-12-23)18-5-7-19(25)8-6-18/h1-8,25H,9-14H2,(H,22,26). The van der Waals surface area contributed by atoms with Gasteiger partial charge in [0.15, 0.2) is 0 Å². The molecule has 1 aliphatic rings. The summed E-state index contributed by atoms with van der Waals surface area (Å²) in [6, 6.07) is 16.2. The van der Waals surface area contributed by atoms with E-state index >= 15 is 0 Å². The van der Waals surface area contributed by atoms with Gasteiger partial charge in [0.1, 0.15) is 5.75 Å². The molecule has 2 aromatic carbocycles. The molecule has 0 saturated carbocycles. The average Bonchev–Trinajstić information content (AvgIpc) is 2.68. The van der Waals surface area contributed by atoms with Crippen molar-refractivity contribution in [2.75, 3.05) is 42.9 Å². The molecule has 2 N–H and O–H groups in total. The Balaban J connectivity index is 1.41. The van der Waals surface area contributed by atoms with Gasteiger partial charge in [-0.15, -0.1) is 0 Å². The predicted octanol–water partition coefficient (Wildman–Crippen LogP) is 2.41. The fourth-order valence-corrected chi connectivity index (χ4v) is 3.00. The maximum Gasteiger partial charge on any atom is 0.225 e. The van der Waals surface area contributed by atoms with Gasteiger partial charge in [-0.25, -0.2) is 0 Å². The number of benzene rings is 2. The highest BCUT2D eigenvalue weighted by Gasteiger charge is 2.17. The van der Waals surface area contributed by atoms with Crippen molar-refractivity contribution in [2.24, 2.45) is 0 Å². The van der Waals surface area contributed by atoms with Crippen molar-refractivity contribution in [3.8, 4) is 11.8 Å².